The molecule has 5 heteroatoms. The van der Waals surface area contributed by atoms with Crippen molar-refractivity contribution in [2.75, 3.05) is 12.4 Å². The first-order valence-corrected chi connectivity index (χ1v) is 8.90. The number of benzene rings is 3. The quantitative estimate of drug-likeness (QED) is 0.507. The monoisotopic (exact) mass is 360 g/mol. The number of nitro groups is 1. The summed E-state index contributed by atoms with van der Waals surface area (Å²) in [7, 11) is 1.53. The average molecular weight is 360 g/mol. The van der Waals surface area contributed by atoms with Gasteiger partial charge < -0.3 is 10.1 Å². The first kappa shape index (κ1) is 17.1. The van der Waals surface area contributed by atoms with Gasteiger partial charge in [0.1, 0.15) is 11.4 Å². The molecule has 3 aromatic rings. The summed E-state index contributed by atoms with van der Waals surface area (Å²) in [6, 6.07) is 23.6. The Morgan fingerprint density at radius 3 is 2.22 bits per heavy atom. The molecule has 3 aromatic carbocycles. The number of nitrogens with one attached hydrogen (secondary N) is 1. The Balaban J connectivity index is 1.89. The number of methoxy groups -OCH3 is 1. The first-order valence-electron chi connectivity index (χ1n) is 8.90. The molecule has 4 rings (SSSR count). The van der Waals surface area contributed by atoms with Crippen molar-refractivity contribution in [3.63, 3.8) is 0 Å². The highest BCUT2D eigenvalue weighted by molar-refractivity contribution is 5.73. The molecule has 27 heavy (non-hydrogen) atoms. The number of nitro benzene ring substituents is 1. The van der Waals surface area contributed by atoms with Crippen LogP contribution in [-0.4, -0.2) is 12.0 Å². The van der Waals surface area contributed by atoms with Crippen molar-refractivity contribution >= 4 is 11.4 Å². The van der Waals surface area contributed by atoms with Crippen LogP contribution < -0.4 is 10.1 Å². The molecule has 0 radical (unpaired) electrons. The number of nitrogens with zero attached hydrogens (tertiary/aromatic N) is 1. The van der Waals surface area contributed by atoms with Gasteiger partial charge in [0.05, 0.1) is 24.1 Å². The number of ether oxygens (including phenoxy) is 1. The highest BCUT2D eigenvalue weighted by Crippen LogP contribution is 2.48. The molecule has 2 atom stereocenters. The van der Waals surface area contributed by atoms with Crippen molar-refractivity contribution in [1.29, 1.82) is 0 Å². The fourth-order valence-corrected chi connectivity index (χ4v) is 3.82. The van der Waals surface area contributed by atoms with Crippen molar-refractivity contribution in [1.82, 2.24) is 0 Å². The van der Waals surface area contributed by atoms with Gasteiger partial charge in [-0.15, -0.1) is 0 Å². The summed E-state index contributed by atoms with van der Waals surface area (Å²) < 4.78 is 5.33. The van der Waals surface area contributed by atoms with Crippen molar-refractivity contribution in [2.45, 2.75) is 18.4 Å². The molecule has 0 saturated carbocycles. The molecule has 0 aromatic heterocycles. The van der Waals surface area contributed by atoms with Gasteiger partial charge in [-0.1, -0.05) is 60.7 Å². The summed E-state index contributed by atoms with van der Waals surface area (Å²) in [4.78, 5) is 11.4. The summed E-state index contributed by atoms with van der Waals surface area (Å²) in [5, 5.41) is 15.2. The van der Waals surface area contributed by atoms with E-state index in [1.807, 2.05) is 42.5 Å². The van der Waals surface area contributed by atoms with Crippen LogP contribution in [-0.2, 0) is 0 Å². The third-order valence-corrected chi connectivity index (χ3v) is 5.12. The summed E-state index contributed by atoms with van der Waals surface area (Å²) >= 11 is 0. The van der Waals surface area contributed by atoms with Crippen LogP contribution in [0, 0.1) is 10.1 Å². The lowest BCUT2D eigenvalue weighted by Gasteiger charge is -2.34. The first-order chi connectivity index (χ1) is 13.2. The van der Waals surface area contributed by atoms with E-state index in [1.54, 1.807) is 0 Å². The smallest absolute Gasteiger partial charge is 0.296 e. The Bertz CT molecular complexity index is 958. The van der Waals surface area contributed by atoms with E-state index >= 15 is 0 Å². The fourth-order valence-electron chi connectivity index (χ4n) is 3.82. The zero-order chi connectivity index (χ0) is 18.8. The minimum atomic E-state index is -0.343. The molecule has 0 amide bonds. The summed E-state index contributed by atoms with van der Waals surface area (Å²) in [6.45, 7) is 0. The maximum Gasteiger partial charge on any atom is 0.296 e. The molecule has 0 saturated heterocycles. The Labute approximate surface area is 157 Å². The molecule has 1 heterocycles. The topological polar surface area (TPSA) is 64.4 Å². The van der Waals surface area contributed by atoms with Crippen molar-refractivity contribution in [3.8, 4) is 5.75 Å². The highest BCUT2D eigenvalue weighted by Gasteiger charge is 2.34. The number of rotatable bonds is 4. The van der Waals surface area contributed by atoms with Gasteiger partial charge in [-0.05, 0) is 29.2 Å². The Hall–Kier alpha value is -3.34. The minimum Gasteiger partial charge on any atom is -0.496 e. The van der Waals surface area contributed by atoms with E-state index in [1.165, 1.54) is 13.2 Å². The van der Waals surface area contributed by atoms with Gasteiger partial charge in [0.25, 0.3) is 5.69 Å². The largest absolute Gasteiger partial charge is 0.496 e. The van der Waals surface area contributed by atoms with Crippen LogP contribution in [0.5, 0.6) is 5.75 Å². The van der Waals surface area contributed by atoms with Crippen LogP contribution in [0.2, 0.25) is 0 Å². The molecular formula is C22H20N2O3. The summed E-state index contributed by atoms with van der Waals surface area (Å²) in [5.74, 6) is 0.544. The molecule has 1 aliphatic heterocycles. The van der Waals surface area contributed by atoms with E-state index in [0.29, 0.717) is 11.4 Å². The standard InChI is InChI=1S/C22H20N2O3/c1-27-17-12-19-18(15-8-4-2-5-9-15)14-20(16-10-6-3-7-11-16)23-22(19)21(13-17)24(25)26/h2-13,18,20,23H,14H2,1H3/t18-,20-/m0/s1. The average Bonchev–Trinajstić information content (AvgIpc) is 2.73. The molecule has 136 valence electrons. The summed E-state index contributed by atoms with van der Waals surface area (Å²) in [5.41, 5.74) is 3.79. The Kier molecular flexibility index (Phi) is 4.50. The Morgan fingerprint density at radius 2 is 1.63 bits per heavy atom. The number of anilines is 1. The van der Waals surface area contributed by atoms with E-state index in [2.05, 4.69) is 29.6 Å². The van der Waals surface area contributed by atoms with Crippen LogP contribution in [0.15, 0.2) is 72.8 Å². The number of fused-ring (bicyclic) bond motifs is 1. The lowest BCUT2D eigenvalue weighted by atomic mass is 9.80. The molecule has 0 fully saturated rings. The predicted molar refractivity (Wildman–Crippen MR) is 105 cm³/mol. The van der Waals surface area contributed by atoms with Crippen LogP contribution >= 0.6 is 0 Å². The van der Waals surface area contributed by atoms with Gasteiger partial charge in [0.15, 0.2) is 0 Å². The second-order valence-electron chi connectivity index (χ2n) is 6.67. The molecule has 1 N–H and O–H groups in total. The van der Waals surface area contributed by atoms with Gasteiger partial charge in [0.2, 0.25) is 0 Å². The fraction of sp³-hybridized carbons (Fsp3) is 0.182. The van der Waals surface area contributed by atoms with Gasteiger partial charge in [-0.2, -0.15) is 0 Å². The SMILES string of the molecule is COc1cc2c(c([N+](=O)[O-])c1)N[C@H](c1ccccc1)C[C@H]2c1ccccc1. The third-order valence-electron chi connectivity index (χ3n) is 5.12. The van der Waals surface area contributed by atoms with E-state index in [9.17, 15) is 10.1 Å². The maximum absolute atomic E-state index is 11.7. The zero-order valence-electron chi connectivity index (χ0n) is 15.0. The second-order valence-corrected chi connectivity index (χ2v) is 6.67. The lowest BCUT2D eigenvalue weighted by Crippen LogP contribution is -2.23. The maximum atomic E-state index is 11.7. The summed E-state index contributed by atoms with van der Waals surface area (Å²) in [6.07, 6.45) is 0.811. The predicted octanol–water partition coefficient (Wildman–Crippen LogP) is 5.29. The molecule has 0 bridgehead atoms. The van der Waals surface area contributed by atoms with Crippen LogP contribution in [0.3, 0.4) is 0 Å². The van der Waals surface area contributed by atoms with Crippen molar-refractivity contribution < 1.29 is 9.66 Å². The van der Waals surface area contributed by atoms with Gasteiger partial charge in [0, 0.05) is 5.92 Å². The molecule has 5 nitrogen and oxygen atoms in total. The molecule has 1 aliphatic rings. The van der Waals surface area contributed by atoms with Gasteiger partial charge >= 0.3 is 0 Å². The second kappa shape index (κ2) is 7.11. The molecular weight excluding hydrogens is 340 g/mol. The van der Waals surface area contributed by atoms with E-state index < -0.39 is 0 Å². The molecule has 0 spiro atoms. The lowest BCUT2D eigenvalue weighted by molar-refractivity contribution is -0.384. The normalized spacial score (nSPS) is 18.3. The van der Waals surface area contributed by atoms with E-state index in [0.717, 1.165) is 23.1 Å². The third kappa shape index (κ3) is 3.24. The van der Waals surface area contributed by atoms with E-state index in [4.69, 9.17) is 4.74 Å². The minimum absolute atomic E-state index is 0.00370. The van der Waals surface area contributed by atoms with Crippen molar-refractivity contribution in [2.24, 2.45) is 0 Å². The van der Waals surface area contributed by atoms with Crippen LogP contribution in [0.4, 0.5) is 11.4 Å². The number of hydrogen-bond donors (Lipinski definition) is 1. The molecule has 0 unspecified atom stereocenters. The molecule has 0 aliphatic carbocycles. The van der Waals surface area contributed by atoms with Crippen LogP contribution in [0.25, 0.3) is 0 Å². The van der Waals surface area contributed by atoms with Crippen molar-refractivity contribution in [3.05, 3.63) is 99.6 Å². The van der Waals surface area contributed by atoms with Crippen LogP contribution in [0.1, 0.15) is 35.1 Å². The van der Waals surface area contributed by atoms with E-state index in [-0.39, 0.29) is 22.6 Å². The van der Waals surface area contributed by atoms with Gasteiger partial charge in [-0.25, -0.2) is 0 Å². The Morgan fingerprint density at radius 1 is 1.00 bits per heavy atom. The number of hydrogen-bond acceptors (Lipinski definition) is 4. The zero-order valence-corrected chi connectivity index (χ0v) is 15.0. The highest BCUT2D eigenvalue weighted by atomic mass is 16.6. The van der Waals surface area contributed by atoms with Gasteiger partial charge in [-0.3, -0.25) is 10.1 Å².